The zero-order chi connectivity index (χ0) is 14.4. The van der Waals surface area contributed by atoms with E-state index in [-0.39, 0.29) is 0 Å². The van der Waals surface area contributed by atoms with Gasteiger partial charge in [0.1, 0.15) is 11.5 Å². The topological polar surface area (TPSA) is 35.5 Å². The molecule has 2 rings (SSSR count). The van der Waals surface area contributed by atoms with Crippen molar-refractivity contribution in [2.75, 3.05) is 6.61 Å². The maximum Gasteiger partial charge on any atom is 0.343 e. The molecule has 0 bridgehead atoms. The second-order valence-electron chi connectivity index (χ2n) is 4.14. The van der Waals surface area contributed by atoms with E-state index >= 15 is 0 Å². The van der Waals surface area contributed by atoms with E-state index in [0.29, 0.717) is 29.2 Å². The highest BCUT2D eigenvalue weighted by Gasteiger charge is 2.12. The van der Waals surface area contributed by atoms with Gasteiger partial charge in [-0.05, 0) is 36.8 Å². The summed E-state index contributed by atoms with van der Waals surface area (Å²) in [7, 11) is 0. The monoisotopic (exact) mass is 268 g/mol. The van der Waals surface area contributed by atoms with Crippen LogP contribution in [0.25, 0.3) is 5.57 Å². The van der Waals surface area contributed by atoms with E-state index in [4.69, 9.17) is 9.47 Å². The van der Waals surface area contributed by atoms with Crippen LogP contribution in [0.5, 0.6) is 11.5 Å². The Morgan fingerprint density at radius 3 is 2.45 bits per heavy atom. The van der Waals surface area contributed by atoms with Crippen molar-refractivity contribution in [2.45, 2.75) is 6.92 Å². The molecule has 0 saturated heterocycles. The van der Waals surface area contributed by atoms with Gasteiger partial charge >= 0.3 is 5.97 Å². The van der Waals surface area contributed by atoms with Crippen LogP contribution in [-0.4, -0.2) is 12.6 Å². The lowest BCUT2D eigenvalue weighted by molar-refractivity contribution is -0.127. The Kier molecular flexibility index (Phi) is 4.56. The second kappa shape index (κ2) is 6.57. The SMILES string of the molecule is C=C(C(=O)Oc1ccccc1)c1cccc(OCC)c1. The highest BCUT2D eigenvalue weighted by atomic mass is 16.5. The molecule has 2 aromatic carbocycles. The fourth-order valence-corrected chi connectivity index (χ4v) is 1.72. The third kappa shape index (κ3) is 3.48. The van der Waals surface area contributed by atoms with Gasteiger partial charge < -0.3 is 9.47 Å². The first kappa shape index (κ1) is 13.9. The Hall–Kier alpha value is -2.55. The van der Waals surface area contributed by atoms with Crippen LogP contribution in [0.1, 0.15) is 12.5 Å². The summed E-state index contributed by atoms with van der Waals surface area (Å²) in [5, 5.41) is 0. The third-order valence-electron chi connectivity index (χ3n) is 2.69. The van der Waals surface area contributed by atoms with Crippen molar-refractivity contribution in [1.29, 1.82) is 0 Å². The number of rotatable bonds is 5. The van der Waals surface area contributed by atoms with Crippen LogP contribution in [0.2, 0.25) is 0 Å². The van der Waals surface area contributed by atoms with E-state index in [2.05, 4.69) is 6.58 Å². The van der Waals surface area contributed by atoms with E-state index in [1.807, 2.05) is 25.1 Å². The van der Waals surface area contributed by atoms with Crippen LogP contribution in [0.15, 0.2) is 61.2 Å². The molecular formula is C17H16O3. The van der Waals surface area contributed by atoms with Crippen LogP contribution in [-0.2, 0) is 4.79 Å². The fourth-order valence-electron chi connectivity index (χ4n) is 1.72. The molecule has 0 spiro atoms. The van der Waals surface area contributed by atoms with Crippen molar-refractivity contribution < 1.29 is 14.3 Å². The summed E-state index contributed by atoms with van der Waals surface area (Å²) >= 11 is 0. The molecule has 0 fully saturated rings. The van der Waals surface area contributed by atoms with Gasteiger partial charge in [0, 0.05) is 0 Å². The van der Waals surface area contributed by atoms with Crippen molar-refractivity contribution in [1.82, 2.24) is 0 Å². The molecule has 0 amide bonds. The Bertz CT molecular complexity index is 603. The Balaban J connectivity index is 2.10. The normalized spacial score (nSPS) is 9.85. The summed E-state index contributed by atoms with van der Waals surface area (Å²) < 4.78 is 10.7. The second-order valence-corrected chi connectivity index (χ2v) is 4.14. The fraction of sp³-hybridized carbons (Fsp3) is 0.118. The molecule has 0 atom stereocenters. The van der Waals surface area contributed by atoms with E-state index in [1.54, 1.807) is 36.4 Å². The largest absolute Gasteiger partial charge is 0.494 e. The maximum atomic E-state index is 12.0. The molecule has 0 N–H and O–H groups in total. The molecule has 0 aromatic heterocycles. The molecule has 0 radical (unpaired) electrons. The van der Waals surface area contributed by atoms with E-state index in [1.165, 1.54) is 0 Å². The van der Waals surface area contributed by atoms with Gasteiger partial charge in [-0.15, -0.1) is 0 Å². The van der Waals surface area contributed by atoms with Gasteiger partial charge in [0.2, 0.25) is 0 Å². The summed E-state index contributed by atoms with van der Waals surface area (Å²) in [6.45, 7) is 6.27. The number of carbonyl (C=O) groups is 1. The number of hydrogen-bond donors (Lipinski definition) is 0. The summed E-state index contributed by atoms with van der Waals surface area (Å²) in [6, 6.07) is 16.2. The lowest BCUT2D eigenvalue weighted by atomic mass is 10.1. The highest BCUT2D eigenvalue weighted by molar-refractivity contribution is 6.16. The lowest BCUT2D eigenvalue weighted by Crippen LogP contribution is -2.09. The smallest absolute Gasteiger partial charge is 0.343 e. The van der Waals surface area contributed by atoms with Crippen LogP contribution < -0.4 is 9.47 Å². The van der Waals surface area contributed by atoms with Crippen molar-refractivity contribution in [3.05, 3.63) is 66.7 Å². The first-order valence-electron chi connectivity index (χ1n) is 6.40. The predicted octanol–water partition coefficient (Wildman–Crippen LogP) is 3.70. The number of hydrogen-bond acceptors (Lipinski definition) is 3. The number of carbonyl (C=O) groups excluding carboxylic acids is 1. The van der Waals surface area contributed by atoms with Crippen LogP contribution in [0.4, 0.5) is 0 Å². The minimum absolute atomic E-state index is 0.301. The van der Waals surface area contributed by atoms with Gasteiger partial charge in [0.15, 0.2) is 0 Å². The van der Waals surface area contributed by atoms with Crippen LogP contribution >= 0.6 is 0 Å². The molecule has 102 valence electrons. The third-order valence-corrected chi connectivity index (χ3v) is 2.69. The minimum Gasteiger partial charge on any atom is -0.494 e. The van der Waals surface area contributed by atoms with Gasteiger partial charge in [-0.25, -0.2) is 4.79 Å². The molecular weight excluding hydrogens is 252 g/mol. The molecule has 0 unspecified atom stereocenters. The standard InChI is InChI=1S/C17H16O3/c1-3-19-16-11-7-8-14(12-16)13(2)17(18)20-15-9-5-4-6-10-15/h4-12H,2-3H2,1H3. The average molecular weight is 268 g/mol. The van der Waals surface area contributed by atoms with E-state index < -0.39 is 5.97 Å². The van der Waals surface area contributed by atoms with Crippen molar-refractivity contribution in [2.24, 2.45) is 0 Å². The number of ether oxygens (including phenoxy) is 2. The number of para-hydroxylation sites is 1. The average Bonchev–Trinajstić information content (AvgIpc) is 2.48. The van der Waals surface area contributed by atoms with E-state index in [0.717, 1.165) is 0 Å². The Labute approximate surface area is 118 Å². The van der Waals surface area contributed by atoms with Gasteiger partial charge in [-0.3, -0.25) is 0 Å². The zero-order valence-corrected chi connectivity index (χ0v) is 11.3. The molecule has 20 heavy (non-hydrogen) atoms. The van der Waals surface area contributed by atoms with E-state index in [9.17, 15) is 4.79 Å². The van der Waals surface area contributed by atoms with Crippen LogP contribution in [0, 0.1) is 0 Å². The lowest BCUT2D eigenvalue weighted by Gasteiger charge is -2.08. The van der Waals surface area contributed by atoms with Crippen molar-refractivity contribution in [3.8, 4) is 11.5 Å². The molecule has 0 aliphatic heterocycles. The predicted molar refractivity (Wildman–Crippen MR) is 78.7 cm³/mol. The quantitative estimate of drug-likeness (QED) is 0.471. The summed E-state index contributed by atoms with van der Waals surface area (Å²) in [5.74, 6) is 0.739. The van der Waals surface area contributed by atoms with Gasteiger partial charge in [0.05, 0.1) is 12.2 Å². The zero-order valence-electron chi connectivity index (χ0n) is 11.3. The van der Waals surface area contributed by atoms with Gasteiger partial charge in [0.25, 0.3) is 0 Å². The number of esters is 1. The highest BCUT2D eigenvalue weighted by Crippen LogP contribution is 2.21. The summed E-state index contributed by atoms with van der Waals surface area (Å²) in [6.07, 6.45) is 0. The number of benzene rings is 2. The van der Waals surface area contributed by atoms with Crippen molar-refractivity contribution in [3.63, 3.8) is 0 Å². The van der Waals surface area contributed by atoms with Gasteiger partial charge in [-0.1, -0.05) is 36.9 Å². The summed E-state index contributed by atoms with van der Waals surface area (Å²) in [5.41, 5.74) is 0.993. The van der Waals surface area contributed by atoms with Crippen molar-refractivity contribution >= 4 is 11.5 Å². The first-order valence-corrected chi connectivity index (χ1v) is 6.40. The Morgan fingerprint density at radius 1 is 1.05 bits per heavy atom. The first-order chi connectivity index (χ1) is 9.70. The molecule has 3 nitrogen and oxygen atoms in total. The molecule has 0 saturated carbocycles. The van der Waals surface area contributed by atoms with Gasteiger partial charge in [-0.2, -0.15) is 0 Å². The molecule has 3 heteroatoms. The summed E-state index contributed by atoms with van der Waals surface area (Å²) in [4.78, 5) is 12.0. The Morgan fingerprint density at radius 2 is 1.75 bits per heavy atom. The molecule has 0 heterocycles. The molecule has 0 aliphatic rings. The molecule has 2 aromatic rings. The minimum atomic E-state index is -0.468. The molecule has 0 aliphatic carbocycles. The maximum absolute atomic E-state index is 12.0. The van der Waals surface area contributed by atoms with Crippen LogP contribution in [0.3, 0.4) is 0 Å².